The van der Waals surface area contributed by atoms with Crippen LogP contribution < -0.4 is 10.6 Å². The van der Waals surface area contributed by atoms with Crippen molar-refractivity contribution >= 4 is 16.9 Å². The van der Waals surface area contributed by atoms with Crippen LogP contribution in [0, 0.1) is 5.82 Å². The van der Waals surface area contributed by atoms with Crippen LogP contribution in [0.1, 0.15) is 18.2 Å². The first-order chi connectivity index (χ1) is 11.8. The zero-order valence-electron chi connectivity index (χ0n) is 13.5. The Morgan fingerprint density at radius 3 is 3.04 bits per heavy atom. The summed E-state index contributed by atoms with van der Waals surface area (Å²) in [5, 5.41) is 11.2. The molecule has 0 aliphatic rings. The van der Waals surface area contributed by atoms with Crippen molar-refractivity contribution in [3.8, 4) is 0 Å². The molecule has 2 heterocycles. The van der Waals surface area contributed by atoms with Crippen molar-refractivity contribution < 1.29 is 8.91 Å². The van der Waals surface area contributed by atoms with Crippen molar-refractivity contribution in [2.75, 3.05) is 13.1 Å². The van der Waals surface area contributed by atoms with Crippen LogP contribution in [0.5, 0.6) is 0 Å². The van der Waals surface area contributed by atoms with E-state index in [4.69, 9.17) is 4.52 Å². The van der Waals surface area contributed by atoms with Gasteiger partial charge >= 0.3 is 0 Å². The van der Waals surface area contributed by atoms with E-state index in [-0.39, 0.29) is 5.82 Å². The molecule has 3 aromatic rings. The summed E-state index contributed by atoms with van der Waals surface area (Å²) >= 11 is 0. The molecule has 0 atom stereocenters. The van der Waals surface area contributed by atoms with E-state index in [0.29, 0.717) is 19.0 Å². The molecule has 7 heteroatoms. The molecule has 0 aliphatic carbocycles. The Kier molecular flexibility index (Phi) is 5.10. The number of benzene rings is 1. The van der Waals surface area contributed by atoms with Crippen molar-refractivity contribution in [3.05, 3.63) is 53.8 Å². The third-order valence-electron chi connectivity index (χ3n) is 3.65. The topological polar surface area (TPSA) is 78.2 Å². The molecule has 0 radical (unpaired) electrons. The molecule has 126 valence electrons. The summed E-state index contributed by atoms with van der Waals surface area (Å²) in [5.41, 5.74) is 2.79. The van der Waals surface area contributed by atoms with Crippen LogP contribution in [0.4, 0.5) is 4.39 Å². The lowest BCUT2D eigenvalue weighted by molar-refractivity contribution is 0.412. The second-order valence-electron chi connectivity index (χ2n) is 5.37. The van der Waals surface area contributed by atoms with Crippen LogP contribution in [0.3, 0.4) is 0 Å². The second kappa shape index (κ2) is 7.63. The SMILES string of the molecule is CCNC(=NCc1ccon1)NCCc1c[nH]c2ccc(F)cc12. The summed E-state index contributed by atoms with van der Waals surface area (Å²) < 4.78 is 18.2. The minimum atomic E-state index is -0.223. The smallest absolute Gasteiger partial charge is 0.191 e. The molecule has 0 unspecified atom stereocenters. The Bertz CT molecular complexity index is 810. The normalized spacial score (nSPS) is 11.8. The van der Waals surface area contributed by atoms with E-state index in [9.17, 15) is 4.39 Å². The highest BCUT2D eigenvalue weighted by atomic mass is 19.1. The quantitative estimate of drug-likeness (QED) is 0.480. The first-order valence-corrected chi connectivity index (χ1v) is 7.93. The fraction of sp³-hybridized carbons (Fsp3) is 0.294. The van der Waals surface area contributed by atoms with Crippen LogP contribution in [0.15, 0.2) is 46.2 Å². The number of H-pyrrole nitrogens is 1. The summed E-state index contributed by atoms with van der Waals surface area (Å²) in [7, 11) is 0. The van der Waals surface area contributed by atoms with Crippen LogP contribution >= 0.6 is 0 Å². The van der Waals surface area contributed by atoms with Gasteiger partial charge in [-0.25, -0.2) is 9.38 Å². The van der Waals surface area contributed by atoms with Gasteiger partial charge in [-0.2, -0.15) is 0 Å². The largest absolute Gasteiger partial charge is 0.364 e. The standard InChI is InChI=1S/C17H20FN5O/c1-2-19-17(22-11-14-6-8-24-23-14)20-7-5-12-10-21-16-4-3-13(18)9-15(12)16/h3-4,6,8-10,21H,2,5,7,11H2,1H3,(H2,19,20,22). The third-order valence-corrected chi connectivity index (χ3v) is 3.65. The molecular weight excluding hydrogens is 309 g/mol. The molecule has 3 rings (SSSR count). The average molecular weight is 329 g/mol. The van der Waals surface area contributed by atoms with Gasteiger partial charge in [0.05, 0.1) is 6.54 Å². The van der Waals surface area contributed by atoms with Crippen molar-refractivity contribution in [3.63, 3.8) is 0 Å². The van der Waals surface area contributed by atoms with Gasteiger partial charge in [-0.05, 0) is 37.1 Å². The Morgan fingerprint density at radius 2 is 2.25 bits per heavy atom. The van der Waals surface area contributed by atoms with Gasteiger partial charge in [0, 0.05) is 36.3 Å². The zero-order valence-corrected chi connectivity index (χ0v) is 13.5. The van der Waals surface area contributed by atoms with Crippen LogP contribution in [0.25, 0.3) is 10.9 Å². The van der Waals surface area contributed by atoms with Gasteiger partial charge in [0.25, 0.3) is 0 Å². The monoisotopic (exact) mass is 329 g/mol. The predicted octanol–water partition coefficient (Wildman–Crippen LogP) is 2.59. The fourth-order valence-electron chi connectivity index (χ4n) is 2.49. The highest BCUT2D eigenvalue weighted by molar-refractivity contribution is 5.83. The van der Waals surface area contributed by atoms with Crippen molar-refractivity contribution in [2.24, 2.45) is 4.99 Å². The Morgan fingerprint density at radius 1 is 1.33 bits per heavy atom. The first kappa shape index (κ1) is 16.0. The predicted molar refractivity (Wildman–Crippen MR) is 91.3 cm³/mol. The lowest BCUT2D eigenvalue weighted by Crippen LogP contribution is -2.38. The summed E-state index contributed by atoms with van der Waals surface area (Å²) in [4.78, 5) is 7.62. The van der Waals surface area contributed by atoms with Crippen LogP contribution in [-0.4, -0.2) is 29.2 Å². The highest BCUT2D eigenvalue weighted by Crippen LogP contribution is 2.19. The number of rotatable bonds is 6. The van der Waals surface area contributed by atoms with E-state index in [1.165, 1.54) is 12.3 Å². The van der Waals surface area contributed by atoms with Crippen molar-refractivity contribution in [2.45, 2.75) is 19.9 Å². The molecule has 0 saturated carbocycles. The van der Waals surface area contributed by atoms with E-state index in [2.05, 4.69) is 25.8 Å². The lowest BCUT2D eigenvalue weighted by atomic mass is 10.1. The minimum absolute atomic E-state index is 0.223. The number of nitrogens with one attached hydrogen (secondary N) is 3. The molecular formula is C17H20FN5O. The summed E-state index contributed by atoms with van der Waals surface area (Å²) in [6, 6.07) is 6.56. The molecule has 0 aliphatic heterocycles. The molecule has 3 N–H and O–H groups in total. The number of aromatic nitrogens is 2. The Labute approximate surface area is 139 Å². The number of guanidine groups is 1. The van der Waals surface area contributed by atoms with E-state index in [1.54, 1.807) is 18.2 Å². The molecule has 0 spiro atoms. The Hall–Kier alpha value is -2.83. The second-order valence-corrected chi connectivity index (χ2v) is 5.37. The molecule has 0 fully saturated rings. The molecule has 24 heavy (non-hydrogen) atoms. The number of halogens is 1. The highest BCUT2D eigenvalue weighted by Gasteiger charge is 2.05. The average Bonchev–Trinajstić information content (AvgIpc) is 3.22. The van der Waals surface area contributed by atoms with E-state index in [1.807, 2.05) is 13.1 Å². The molecule has 2 aromatic heterocycles. The molecule has 0 amide bonds. The van der Waals surface area contributed by atoms with Gasteiger partial charge in [0.2, 0.25) is 0 Å². The number of fused-ring (bicyclic) bond motifs is 1. The van der Waals surface area contributed by atoms with E-state index >= 15 is 0 Å². The van der Waals surface area contributed by atoms with Crippen molar-refractivity contribution in [1.29, 1.82) is 0 Å². The van der Waals surface area contributed by atoms with Gasteiger partial charge in [-0.3, -0.25) is 0 Å². The van der Waals surface area contributed by atoms with E-state index in [0.717, 1.165) is 35.1 Å². The third kappa shape index (κ3) is 3.92. The fourth-order valence-corrected chi connectivity index (χ4v) is 2.49. The summed E-state index contributed by atoms with van der Waals surface area (Å²) in [6.45, 7) is 3.91. The number of hydrogen-bond acceptors (Lipinski definition) is 3. The maximum absolute atomic E-state index is 13.4. The van der Waals surface area contributed by atoms with Crippen LogP contribution in [0.2, 0.25) is 0 Å². The number of aliphatic imine (C=N–C) groups is 1. The number of hydrogen-bond donors (Lipinski definition) is 3. The zero-order chi connectivity index (χ0) is 16.8. The molecule has 0 bridgehead atoms. The van der Waals surface area contributed by atoms with Gasteiger partial charge in [-0.15, -0.1) is 0 Å². The molecule has 6 nitrogen and oxygen atoms in total. The minimum Gasteiger partial charge on any atom is -0.364 e. The summed E-state index contributed by atoms with van der Waals surface area (Å²) in [5.74, 6) is 0.491. The van der Waals surface area contributed by atoms with Gasteiger partial charge in [-0.1, -0.05) is 5.16 Å². The van der Waals surface area contributed by atoms with Gasteiger partial charge in [0.1, 0.15) is 17.8 Å². The molecule has 1 aromatic carbocycles. The molecule has 0 saturated heterocycles. The number of nitrogens with zero attached hydrogens (tertiary/aromatic N) is 2. The number of aromatic amines is 1. The van der Waals surface area contributed by atoms with Gasteiger partial charge in [0.15, 0.2) is 5.96 Å². The summed E-state index contributed by atoms with van der Waals surface area (Å²) in [6.07, 6.45) is 4.21. The van der Waals surface area contributed by atoms with Crippen molar-refractivity contribution in [1.82, 2.24) is 20.8 Å². The lowest BCUT2D eigenvalue weighted by Gasteiger charge is -2.10. The Balaban J connectivity index is 1.60. The van der Waals surface area contributed by atoms with E-state index < -0.39 is 0 Å². The maximum atomic E-state index is 13.4. The van der Waals surface area contributed by atoms with Gasteiger partial charge < -0.3 is 20.1 Å². The van der Waals surface area contributed by atoms with Crippen LogP contribution in [-0.2, 0) is 13.0 Å². The maximum Gasteiger partial charge on any atom is 0.191 e. The first-order valence-electron chi connectivity index (χ1n) is 7.93.